The number of Topliss-reactive ketones (excluding diaryl/α,β-unsaturated/α-hetero) is 1. The summed E-state index contributed by atoms with van der Waals surface area (Å²) in [5.41, 5.74) is 1.14. The van der Waals surface area contributed by atoms with Gasteiger partial charge in [-0.25, -0.2) is 4.98 Å². The molecule has 2 heterocycles. The highest BCUT2D eigenvalue weighted by Crippen LogP contribution is 2.19. The average Bonchev–Trinajstić information content (AvgIpc) is 2.59. The number of hydrogen-bond donors (Lipinski definition) is 1. The molecule has 1 atom stereocenters. The lowest BCUT2D eigenvalue weighted by atomic mass is 10.1. The molecule has 144 valence electrons. The van der Waals surface area contributed by atoms with E-state index in [9.17, 15) is 22.8 Å². The van der Waals surface area contributed by atoms with Crippen molar-refractivity contribution in [3.8, 4) is 5.88 Å². The SMILES string of the molecule is CC(=O)Cc1cc(C(=O)NC(C)c2cccc(OCC(F)(F)F)n2)ccn1. The van der Waals surface area contributed by atoms with Crippen molar-refractivity contribution in [3.05, 3.63) is 53.5 Å². The number of carbonyl (C=O) groups is 2. The summed E-state index contributed by atoms with van der Waals surface area (Å²) in [6, 6.07) is 6.81. The van der Waals surface area contributed by atoms with Gasteiger partial charge < -0.3 is 10.1 Å². The standard InChI is InChI=1S/C18H18F3N3O3/c1-11(25)8-14-9-13(6-7-22-14)17(26)23-12(2)15-4-3-5-16(24-15)27-10-18(19,20)21/h3-7,9,12H,8,10H2,1-2H3,(H,23,26). The quantitative estimate of drug-likeness (QED) is 0.797. The Morgan fingerprint density at radius 3 is 2.67 bits per heavy atom. The zero-order chi connectivity index (χ0) is 20.0. The van der Waals surface area contributed by atoms with E-state index in [0.29, 0.717) is 17.0 Å². The van der Waals surface area contributed by atoms with E-state index in [0.717, 1.165) is 0 Å². The van der Waals surface area contributed by atoms with Gasteiger partial charge in [-0.15, -0.1) is 0 Å². The number of rotatable bonds is 7. The minimum absolute atomic E-state index is 0.0757. The summed E-state index contributed by atoms with van der Waals surface area (Å²) in [6.07, 6.45) is -2.91. The molecule has 2 rings (SSSR count). The number of halogens is 3. The molecule has 27 heavy (non-hydrogen) atoms. The molecule has 0 saturated heterocycles. The molecular formula is C18H18F3N3O3. The van der Waals surface area contributed by atoms with E-state index < -0.39 is 24.7 Å². The molecule has 0 aliphatic rings. The fraction of sp³-hybridized carbons (Fsp3) is 0.333. The van der Waals surface area contributed by atoms with Crippen LogP contribution in [0.2, 0.25) is 0 Å². The van der Waals surface area contributed by atoms with Crippen LogP contribution in [0, 0.1) is 0 Å². The largest absolute Gasteiger partial charge is 0.468 e. The molecule has 0 aliphatic carbocycles. The Bertz CT molecular complexity index is 825. The number of ether oxygens (including phenoxy) is 1. The van der Waals surface area contributed by atoms with Crippen LogP contribution < -0.4 is 10.1 Å². The minimum atomic E-state index is -4.46. The van der Waals surface area contributed by atoms with Crippen molar-refractivity contribution < 1.29 is 27.5 Å². The number of amides is 1. The van der Waals surface area contributed by atoms with Crippen molar-refractivity contribution in [2.75, 3.05) is 6.61 Å². The number of pyridine rings is 2. The zero-order valence-electron chi connectivity index (χ0n) is 14.7. The molecule has 0 aliphatic heterocycles. The van der Waals surface area contributed by atoms with Crippen LogP contribution in [0.4, 0.5) is 13.2 Å². The molecule has 2 aromatic heterocycles. The van der Waals surface area contributed by atoms with Gasteiger partial charge in [-0.2, -0.15) is 13.2 Å². The summed E-state index contributed by atoms with van der Waals surface area (Å²) >= 11 is 0. The Balaban J connectivity index is 2.05. The van der Waals surface area contributed by atoms with Gasteiger partial charge in [0.15, 0.2) is 6.61 Å². The summed E-state index contributed by atoms with van der Waals surface area (Å²) in [5.74, 6) is -0.676. The Hall–Kier alpha value is -2.97. The molecule has 0 spiro atoms. The number of carbonyl (C=O) groups excluding carboxylic acids is 2. The summed E-state index contributed by atoms with van der Waals surface area (Å²) in [5, 5.41) is 2.70. The third-order valence-corrected chi connectivity index (χ3v) is 3.43. The van der Waals surface area contributed by atoms with Crippen LogP contribution in [0.5, 0.6) is 5.88 Å². The van der Waals surface area contributed by atoms with Crippen molar-refractivity contribution in [3.63, 3.8) is 0 Å². The number of nitrogens with one attached hydrogen (secondary N) is 1. The maximum Gasteiger partial charge on any atom is 0.422 e. The Morgan fingerprint density at radius 2 is 2.00 bits per heavy atom. The second kappa shape index (κ2) is 8.61. The molecular weight excluding hydrogens is 363 g/mol. The van der Waals surface area contributed by atoms with E-state index in [2.05, 4.69) is 20.0 Å². The number of ketones is 1. The minimum Gasteiger partial charge on any atom is -0.468 e. The van der Waals surface area contributed by atoms with Gasteiger partial charge in [0.1, 0.15) is 5.78 Å². The Morgan fingerprint density at radius 1 is 1.26 bits per heavy atom. The fourth-order valence-corrected chi connectivity index (χ4v) is 2.23. The average molecular weight is 381 g/mol. The molecule has 0 bridgehead atoms. The maximum atomic E-state index is 12.4. The summed E-state index contributed by atoms with van der Waals surface area (Å²) in [6.45, 7) is 1.63. The van der Waals surface area contributed by atoms with Gasteiger partial charge >= 0.3 is 6.18 Å². The first-order valence-corrected chi connectivity index (χ1v) is 8.06. The summed E-state index contributed by atoms with van der Waals surface area (Å²) in [4.78, 5) is 31.6. The second-order valence-corrected chi connectivity index (χ2v) is 5.91. The number of hydrogen-bond acceptors (Lipinski definition) is 5. The first-order chi connectivity index (χ1) is 12.6. The highest BCUT2D eigenvalue weighted by Gasteiger charge is 2.28. The lowest BCUT2D eigenvalue weighted by Gasteiger charge is -2.15. The topological polar surface area (TPSA) is 81.2 Å². The van der Waals surface area contributed by atoms with E-state index >= 15 is 0 Å². The molecule has 1 unspecified atom stereocenters. The third-order valence-electron chi connectivity index (χ3n) is 3.43. The zero-order valence-corrected chi connectivity index (χ0v) is 14.7. The van der Waals surface area contributed by atoms with E-state index in [-0.39, 0.29) is 18.1 Å². The molecule has 1 N–H and O–H groups in total. The lowest BCUT2D eigenvalue weighted by Crippen LogP contribution is -2.27. The molecule has 0 radical (unpaired) electrons. The van der Waals surface area contributed by atoms with Gasteiger partial charge in [0.2, 0.25) is 5.88 Å². The van der Waals surface area contributed by atoms with Crippen LogP contribution in [-0.2, 0) is 11.2 Å². The molecule has 6 nitrogen and oxygen atoms in total. The number of alkyl halides is 3. The van der Waals surface area contributed by atoms with E-state index in [1.165, 1.54) is 37.4 Å². The van der Waals surface area contributed by atoms with Crippen LogP contribution in [-0.4, -0.2) is 34.4 Å². The monoisotopic (exact) mass is 381 g/mol. The predicted octanol–water partition coefficient (Wildman–Crippen LogP) is 3.04. The van der Waals surface area contributed by atoms with Gasteiger partial charge in [-0.3, -0.25) is 14.6 Å². The molecule has 0 aromatic carbocycles. The summed E-state index contributed by atoms with van der Waals surface area (Å²) < 4.78 is 41.3. The van der Waals surface area contributed by atoms with Crippen LogP contribution in [0.15, 0.2) is 36.5 Å². The maximum absolute atomic E-state index is 12.4. The molecule has 2 aromatic rings. The van der Waals surface area contributed by atoms with Crippen LogP contribution in [0.1, 0.15) is 41.6 Å². The first kappa shape index (κ1) is 20.3. The van der Waals surface area contributed by atoms with Crippen LogP contribution >= 0.6 is 0 Å². The highest BCUT2D eigenvalue weighted by molar-refractivity contribution is 5.94. The van der Waals surface area contributed by atoms with Gasteiger partial charge in [0, 0.05) is 29.9 Å². The third kappa shape index (κ3) is 6.69. The number of nitrogens with zero attached hydrogens (tertiary/aromatic N) is 2. The first-order valence-electron chi connectivity index (χ1n) is 8.06. The van der Waals surface area contributed by atoms with Crippen molar-refractivity contribution in [2.24, 2.45) is 0 Å². The van der Waals surface area contributed by atoms with Gasteiger partial charge in [0.25, 0.3) is 5.91 Å². The van der Waals surface area contributed by atoms with Crippen LogP contribution in [0.25, 0.3) is 0 Å². The van der Waals surface area contributed by atoms with Crippen molar-refractivity contribution >= 4 is 11.7 Å². The van der Waals surface area contributed by atoms with Crippen molar-refractivity contribution in [1.29, 1.82) is 0 Å². The number of aromatic nitrogens is 2. The highest BCUT2D eigenvalue weighted by atomic mass is 19.4. The Labute approximate surface area is 153 Å². The van der Waals surface area contributed by atoms with E-state index in [1.54, 1.807) is 13.0 Å². The molecule has 1 amide bonds. The van der Waals surface area contributed by atoms with Gasteiger partial charge in [0.05, 0.1) is 11.7 Å². The normalized spacial score (nSPS) is 12.3. The lowest BCUT2D eigenvalue weighted by molar-refractivity contribution is -0.154. The van der Waals surface area contributed by atoms with Gasteiger partial charge in [-0.1, -0.05) is 6.07 Å². The van der Waals surface area contributed by atoms with Crippen molar-refractivity contribution in [2.45, 2.75) is 32.5 Å². The Kier molecular flexibility index (Phi) is 6.49. The van der Waals surface area contributed by atoms with Gasteiger partial charge in [-0.05, 0) is 32.0 Å². The molecule has 9 heteroatoms. The van der Waals surface area contributed by atoms with E-state index in [1.807, 2.05) is 0 Å². The fourth-order valence-electron chi connectivity index (χ4n) is 2.23. The summed E-state index contributed by atoms with van der Waals surface area (Å²) in [7, 11) is 0. The molecule has 0 fully saturated rings. The second-order valence-electron chi connectivity index (χ2n) is 5.91. The smallest absolute Gasteiger partial charge is 0.422 e. The molecule has 0 saturated carbocycles. The van der Waals surface area contributed by atoms with E-state index in [4.69, 9.17) is 0 Å². The van der Waals surface area contributed by atoms with Crippen LogP contribution in [0.3, 0.4) is 0 Å². The van der Waals surface area contributed by atoms with Crippen molar-refractivity contribution in [1.82, 2.24) is 15.3 Å². The predicted molar refractivity (Wildman–Crippen MR) is 90.3 cm³/mol.